The second-order valence-corrected chi connectivity index (χ2v) is 8.91. The van der Waals surface area contributed by atoms with Gasteiger partial charge in [0.1, 0.15) is 11.6 Å². The van der Waals surface area contributed by atoms with E-state index in [1.54, 1.807) is 32.2 Å². The van der Waals surface area contributed by atoms with E-state index in [1.165, 1.54) is 11.3 Å². The number of aromatic carboxylic acids is 1. The Labute approximate surface area is 196 Å². The molecule has 0 fully saturated rings. The van der Waals surface area contributed by atoms with Crippen LogP contribution in [0.2, 0.25) is 0 Å². The minimum atomic E-state index is -0.956. The molecule has 33 heavy (non-hydrogen) atoms. The fraction of sp³-hybridized carbons (Fsp3) is 0.231. The number of thiazole rings is 1. The highest BCUT2D eigenvalue weighted by Crippen LogP contribution is 2.36. The van der Waals surface area contributed by atoms with Gasteiger partial charge in [-0.1, -0.05) is 41.7 Å². The molecule has 0 aliphatic heterocycles. The Morgan fingerprint density at radius 3 is 2.45 bits per heavy atom. The normalized spacial score (nSPS) is 12.0. The Balaban J connectivity index is 1.67. The highest BCUT2D eigenvalue weighted by Gasteiger charge is 2.22. The lowest BCUT2D eigenvalue weighted by Crippen LogP contribution is -2.29. The van der Waals surface area contributed by atoms with Crippen molar-refractivity contribution in [1.82, 2.24) is 4.98 Å². The van der Waals surface area contributed by atoms with Gasteiger partial charge in [0, 0.05) is 6.54 Å². The Kier molecular flexibility index (Phi) is 6.60. The second-order valence-electron chi connectivity index (χ2n) is 7.94. The zero-order valence-electron chi connectivity index (χ0n) is 18.7. The number of nitrogens with zero attached hydrogens (tertiary/aromatic N) is 2. The summed E-state index contributed by atoms with van der Waals surface area (Å²) < 4.78 is 20.5. The van der Waals surface area contributed by atoms with Gasteiger partial charge in [-0.15, -0.1) is 0 Å². The predicted molar refractivity (Wildman–Crippen MR) is 130 cm³/mol. The molecule has 3 aromatic carbocycles. The van der Waals surface area contributed by atoms with E-state index in [4.69, 9.17) is 9.72 Å². The lowest BCUT2D eigenvalue weighted by Gasteiger charge is -2.29. The molecule has 0 radical (unpaired) electrons. The summed E-state index contributed by atoms with van der Waals surface area (Å²) >= 11 is 1.34. The van der Waals surface area contributed by atoms with Crippen molar-refractivity contribution in [3.63, 3.8) is 0 Å². The van der Waals surface area contributed by atoms with Gasteiger partial charge in [-0.2, -0.15) is 0 Å². The molecule has 0 aliphatic rings. The van der Waals surface area contributed by atoms with Crippen molar-refractivity contribution in [2.45, 2.75) is 26.3 Å². The summed E-state index contributed by atoms with van der Waals surface area (Å²) in [5.41, 5.74) is 3.59. The molecule has 1 N–H and O–H groups in total. The molecular formula is C26H25FN2O3S. The molecule has 0 aliphatic carbocycles. The molecule has 4 rings (SSSR count). The lowest BCUT2D eigenvalue weighted by atomic mass is 10.0. The molecule has 0 spiro atoms. The molecule has 0 amide bonds. The summed E-state index contributed by atoms with van der Waals surface area (Å²) in [5, 5.41) is 9.95. The number of benzene rings is 3. The summed E-state index contributed by atoms with van der Waals surface area (Å²) in [6.07, 6.45) is 0.763. The maximum Gasteiger partial charge on any atom is 0.335 e. The zero-order valence-corrected chi connectivity index (χ0v) is 19.5. The molecule has 0 saturated heterocycles. The van der Waals surface area contributed by atoms with Gasteiger partial charge in [0.15, 0.2) is 5.13 Å². The molecule has 7 heteroatoms. The van der Waals surface area contributed by atoms with Gasteiger partial charge in [0.25, 0.3) is 0 Å². The molecule has 4 aromatic rings. The van der Waals surface area contributed by atoms with Crippen molar-refractivity contribution in [1.29, 1.82) is 0 Å². The number of methoxy groups -OCH3 is 1. The fourth-order valence-electron chi connectivity index (χ4n) is 3.75. The minimum Gasteiger partial charge on any atom is -0.497 e. The predicted octanol–water partition coefficient (Wildman–Crippen LogP) is 6.26. The quantitative estimate of drug-likeness (QED) is 0.333. The Bertz CT molecular complexity index is 1270. The monoisotopic (exact) mass is 464 g/mol. The standard InChI is InChI=1S/C26H25FN2O3S/c1-16-4-13-22-24(23(16)27)33-26(28-22)29(15-14-18-5-11-21(32-3)12-6-18)17(2)19-7-9-20(10-8-19)25(30)31/h4-13,17H,14-15H2,1-3H3,(H,30,31). The van der Waals surface area contributed by atoms with Crippen molar-refractivity contribution in [3.05, 3.63) is 88.7 Å². The van der Waals surface area contributed by atoms with E-state index in [-0.39, 0.29) is 17.4 Å². The zero-order chi connectivity index (χ0) is 23.5. The third-order valence-corrected chi connectivity index (χ3v) is 6.93. The number of carbonyl (C=O) groups is 1. The minimum absolute atomic E-state index is 0.0872. The summed E-state index contributed by atoms with van der Waals surface area (Å²) in [5.74, 6) is -0.382. The van der Waals surface area contributed by atoms with E-state index in [0.717, 1.165) is 28.4 Å². The summed E-state index contributed by atoms with van der Waals surface area (Å²) in [4.78, 5) is 18.1. The van der Waals surface area contributed by atoms with Crippen LogP contribution in [0.5, 0.6) is 5.75 Å². The van der Waals surface area contributed by atoms with Crippen LogP contribution in [0.25, 0.3) is 10.2 Å². The van der Waals surface area contributed by atoms with Gasteiger partial charge in [-0.25, -0.2) is 14.2 Å². The number of carboxylic acid groups (broad SMARTS) is 1. The van der Waals surface area contributed by atoms with Crippen molar-refractivity contribution in [3.8, 4) is 5.75 Å². The van der Waals surface area contributed by atoms with Crippen molar-refractivity contribution in [2.75, 3.05) is 18.6 Å². The Morgan fingerprint density at radius 2 is 1.82 bits per heavy atom. The molecule has 1 aromatic heterocycles. The second kappa shape index (κ2) is 9.58. The van der Waals surface area contributed by atoms with Gasteiger partial charge in [0.2, 0.25) is 0 Å². The molecule has 1 heterocycles. The van der Waals surface area contributed by atoms with Gasteiger partial charge < -0.3 is 14.7 Å². The number of anilines is 1. The lowest BCUT2D eigenvalue weighted by molar-refractivity contribution is 0.0697. The highest BCUT2D eigenvalue weighted by molar-refractivity contribution is 7.22. The number of aryl methyl sites for hydroxylation is 1. The number of hydrogen-bond donors (Lipinski definition) is 1. The van der Waals surface area contributed by atoms with Gasteiger partial charge in [-0.3, -0.25) is 0 Å². The Hall–Kier alpha value is -3.45. The first-order chi connectivity index (χ1) is 15.9. The van der Waals surface area contributed by atoms with Gasteiger partial charge in [0.05, 0.1) is 28.9 Å². The van der Waals surface area contributed by atoms with Crippen LogP contribution in [0, 0.1) is 12.7 Å². The van der Waals surface area contributed by atoms with E-state index in [9.17, 15) is 14.3 Å². The fourth-order valence-corrected chi connectivity index (χ4v) is 4.91. The summed E-state index contributed by atoms with van der Waals surface area (Å²) in [6, 6.07) is 18.3. The number of aromatic nitrogens is 1. The summed E-state index contributed by atoms with van der Waals surface area (Å²) in [6.45, 7) is 4.47. The van der Waals surface area contributed by atoms with Crippen LogP contribution >= 0.6 is 11.3 Å². The Morgan fingerprint density at radius 1 is 1.12 bits per heavy atom. The summed E-state index contributed by atoms with van der Waals surface area (Å²) in [7, 11) is 1.64. The van der Waals surface area contributed by atoms with E-state index >= 15 is 0 Å². The molecule has 0 saturated carbocycles. The maximum absolute atomic E-state index is 14.7. The third kappa shape index (κ3) is 4.83. The highest BCUT2D eigenvalue weighted by atomic mass is 32.1. The van der Waals surface area contributed by atoms with Crippen LogP contribution in [0.4, 0.5) is 9.52 Å². The topological polar surface area (TPSA) is 62.7 Å². The van der Waals surface area contributed by atoms with Crippen LogP contribution in [0.3, 0.4) is 0 Å². The molecular weight excluding hydrogens is 439 g/mol. The first-order valence-electron chi connectivity index (χ1n) is 10.7. The molecule has 1 atom stereocenters. The van der Waals surface area contributed by atoms with Crippen LogP contribution < -0.4 is 9.64 Å². The van der Waals surface area contributed by atoms with Crippen LogP contribution in [0.15, 0.2) is 60.7 Å². The van der Waals surface area contributed by atoms with E-state index in [1.807, 2.05) is 42.5 Å². The smallest absolute Gasteiger partial charge is 0.335 e. The van der Waals surface area contributed by atoms with Crippen molar-refractivity contribution in [2.24, 2.45) is 0 Å². The van der Waals surface area contributed by atoms with E-state index in [0.29, 0.717) is 22.3 Å². The molecule has 170 valence electrons. The molecule has 5 nitrogen and oxygen atoms in total. The van der Waals surface area contributed by atoms with Crippen LogP contribution in [-0.2, 0) is 6.42 Å². The number of rotatable bonds is 8. The van der Waals surface area contributed by atoms with Crippen molar-refractivity contribution < 1.29 is 19.0 Å². The number of carboxylic acids is 1. The van der Waals surface area contributed by atoms with Crippen LogP contribution in [-0.4, -0.2) is 29.7 Å². The number of ether oxygens (including phenoxy) is 1. The van der Waals surface area contributed by atoms with Gasteiger partial charge >= 0.3 is 5.97 Å². The number of fused-ring (bicyclic) bond motifs is 1. The number of hydrogen-bond acceptors (Lipinski definition) is 5. The third-order valence-electron chi connectivity index (χ3n) is 5.83. The molecule has 0 bridgehead atoms. The average molecular weight is 465 g/mol. The van der Waals surface area contributed by atoms with Gasteiger partial charge in [-0.05, 0) is 67.3 Å². The van der Waals surface area contributed by atoms with E-state index < -0.39 is 5.97 Å². The maximum atomic E-state index is 14.7. The number of halogens is 1. The SMILES string of the molecule is COc1ccc(CCN(c2nc3ccc(C)c(F)c3s2)C(C)c2ccc(C(=O)O)cc2)cc1. The molecule has 1 unspecified atom stereocenters. The average Bonchev–Trinajstić information content (AvgIpc) is 3.26. The van der Waals surface area contributed by atoms with Crippen LogP contribution in [0.1, 0.15) is 40.0 Å². The first kappa shape index (κ1) is 22.7. The van der Waals surface area contributed by atoms with Crippen molar-refractivity contribution >= 4 is 32.7 Å². The first-order valence-corrected chi connectivity index (χ1v) is 11.5. The van der Waals surface area contributed by atoms with E-state index in [2.05, 4.69) is 11.8 Å². The largest absolute Gasteiger partial charge is 0.497 e.